The summed E-state index contributed by atoms with van der Waals surface area (Å²) in [7, 11) is -3.69. The summed E-state index contributed by atoms with van der Waals surface area (Å²) in [4.78, 5) is 23.5. The Hall–Kier alpha value is -1.97. The molecule has 0 saturated carbocycles. The van der Waals surface area contributed by atoms with Crippen molar-refractivity contribution in [1.29, 1.82) is 0 Å². The average molecular weight is 398 g/mol. The largest absolute Gasteiger partial charge is 0.480 e. The van der Waals surface area contributed by atoms with Gasteiger partial charge in [-0.05, 0) is 43.5 Å². The van der Waals surface area contributed by atoms with Gasteiger partial charge in [0.15, 0.2) is 0 Å². The van der Waals surface area contributed by atoms with Gasteiger partial charge in [0, 0.05) is 18.7 Å². The number of carboxylic acid groups (broad SMARTS) is 1. The Labute approximate surface area is 159 Å². The van der Waals surface area contributed by atoms with Crippen LogP contribution >= 0.6 is 0 Å². The van der Waals surface area contributed by atoms with Crippen molar-refractivity contribution >= 4 is 21.9 Å². The normalized spacial score (nSPS) is 18.2. The number of unbranched alkanes of at least 4 members (excludes halogenated alkanes) is 1. The summed E-state index contributed by atoms with van der Waals surface area (Å²) < 4.78 is 32.5. The van der Waals surface area contributed by atoms with Gasteiger partial charge in [-0.3, -0.25) is 4.79 Å². The maximum Gasteiger partial charge on any atom is 0.326 e. The molecule has 1 aliphatic heterocycles. The fraction of sp³-hybridized carbons (Fsp3) is 0.556. The van der Waals surface area contributed by atoms with E-state index in [1.54, 1.807) is 0 Å². The van der Waals surface area contributed by atoms with E-state index in [4.69, 9.17) is 4.74 Å². The van der Waals surface area contributed by atoms with Crippen LogP contribution in [-0.2, 0) is 19.6 Å². The second kappa shape index (κ2) is 9.82. The number of rotatable bonds is 10. The molecule has 150 valence electrons. The van der Waals surface area contributed by atoms with Crippen LogP contribution in [0.15, 0.2) is 29.2 Å². The molecule has 8 nitrogen and oxygen atoms in total. The summed E-state index contributed by atoms with van der Waals surface area (Å²) in [6.45, 7) is 2.79. The number of sulfonamides is 1. The lowest BCUT2D eigenvalue weighted by Crippen LogP contribution is -2.40. The Morgan fingerprint density at radius 3 is 2.56 bits per heavy atom. The quantitative estimate of drug-likeness (QED) is 0.549. The maximum absolute atomic E-state index is 12.3. The predicted octanol–water partition coefficient (Wildman–Crippen LogP) is 1.52. The number of ether oxygens (including phenoxy) is 1. The molecule has 27 heavy (non-hydrogen) atoms. The van der Waals surface area contributed by atoms with Gasteiger partial charge in [0.2, 0.25) is 10.0 Å². The highest BCUT2D eigenvalue weighted by Gasteiger charge is 2.22. The Morgan fingerprint density at radius 2 is 2.00 bits per heavy atom. The van der Waals surface area contributed by atoms with Gasteiger partial charge in [0.25, 0.3) is 5.91 Å². The molecule has 1 unspecified atom stereocenters. The van der Waals surface area contributed by atoms with E-state index in [1.165, 1.54) is 24.3 Å². The first-order valence-corrected chi connectivity index (χ1v) is 10.6. The Balaban J connectivity index is 1.98. The van der Waals surface area contributed by atoms with Crippen molar-refractivity contribution in [3.05, 3.63) is 29.8 Å². The van der Waals surface area contributed by atoms with Gasteiger partial charge in [0.05, 0.1) is 11.0 Å². The first-order valence-electron chi connectivity index (χ1n) is 9.08. The fourth-order valence-electron chi connectivity index (χ4n) is 2.78. The zero-order valence-corrected chi connectivity index (χ0v) is 16.1. The van der Waals surface area contributed by atoms with E-state index >= 15 is 0 Å². The molecule has 2 atom stereocenters. The van der Waals surface area contributed by atoms with Gasteiger partial charge in [-0.25, -0.2) is 17.9 Å². The number of carboxylic acids is 1. The minimum atomic E-state index is -3.69. The second-order valence-corrected chi connectivity index (χ2v) is 8.28. The van der Waals surface area contributed by atoms with E-state index < -0.39 is 27.9 Å². The molecule has 1 aliphatic rings. The van der Waals surface area contributed by atoms with E-state index in [-0.39, 0.29) is 23.1 Å². The molecule has 9 heteroatoms. The summed E-state index contributed by atoms with van der Waals surface area (Å²) in [5.41, 5.74) is 0.204. The lowest BCUT2D eigenvalue weighted by atomic mass is 10.1. The van der Waals surface area contributed by atoms with Gasteiger partial charge in [-0.2, -0.15) is 0 Å². The molecule has 0 radical (unpaired) electrons. The van der Waals surface area contributed by atoms with Gasteiger partial charge in [0.1, 0.15) is 6.04 Å². The first kappa shape index (κ1) is 21.3. The zero-order chi connectivity index (χ0) is 19.9. The van der Waals surface area contributed by atoms with Crippen molar-refractivity contribution in [3.8, 4) is 0 Å². The summed E-state index contributed by atoms with van der Waals surface area (Å²) in [5, 5.41) is 11.7. The molecule has 0 spiro atoms. The number of hydrogen-bond acceptors (Lipinski definition) is 5. The lowest BCUT2D eigenvalue weighted by Gasteiger charge is -2.14. The zero-order valence-electron chi connectivity index (χ0n) is 15.3. The molecule has 2 rings (SSSR count). The van der Waals surface area contributed by atoms with Gasteiger partial charge in [-0.1, -0.05) is 19.8 Å². The van der Waals surface area contributed by atoms with Crippen LogP contribution < -0.4 is 10.0 Å². The third kappa shape index (κ3) is 6.30. The van der Waals surface area contributed by atoms with Crippen LogP contribution in [0.25, 0.3) is 0 Å². The summed E-state index contributed by atoms with van der Waals surface area (Å²) >= 11 is 0. The molecule has 0 aromatic heterocycles. The molecule has 1 aromatic rings. The fourth-order valence-corrected chi connectivity index (χ4v) is 3.85. The molecule has 1 fully saturated rings. The topological polar surface area (TPSA) is 122 Å². The number of carbonyl (C=O) groups is 2. The molecule has 1 saturated heterocycles. The summed E-state index contributed by atoms with van der Waals surface area (Å²) in [6, 6.07) is 4.43. The summed E-state index contributed by atoms with van der Waals surface area (Å²) in [5.74, 6) is -1.64. The molecule has 1 aromatic carbocycles. The predicted molar refractivity (Wildman–Crippen MR) is 99.0 cm³/mol. The Bertz CT molecular complexity index is 742. The third-order valence-corrected chi connectivity index (χ3v) is 5.84. The number of hydrogen-bond donors (Lipinski definition) is 3. The highest BCUT2D eigenvalue weighted by Crippen LogP contribution is 2.14. The minimum Gasteiger partial charge on any atom is -0.480 e. The maximum atomic E-state index is 12.3. The van der Waals surface area contributed by atoms with Gasteiger partial charge in [-0.15, -0.1) is 0 Å². The van der Waals surface area contributed by atoms with Crippen molar-refractivity contribution in [2.24, 2.45) is 0 Å². The van der Waals surface area contributed by atoms with Crippen LogP contribution in [0.2, 0.25) is 0 Å². The van der Waals surface area contributed by atoms with Crippen LogP contribution in [0.3, 0.4) is 0 Å². The number of carbonyl (C=O) groups excluding carboxylic acids is 1. The van der Waals surface area contributed by atoms with E-state index in [9.17, 15) is 23.1 Å². The van der Waals surface area contributed by atoms with Crippen LogP contribution in [0.5, 0.6) is 0 Å². The second-order valence-electron chi connectivity index (χ2n) is 6.52. The van der Waals surface area contributed by atoms with Crippen molar-refractivity contribution in [3.63, 3.8) is 0 Å². The van der Waals surface area contributed by atoms with Crippen LogP contribution in [0.4, 0.5) is 0 Å². The molecule has 1 heterocycles. The van der Waals surface area contributed by atoms with Gasteiger partial charge < -0.3 is 15.2 Å². The van der Waals surface area contributed by atoms with E-state index in [2.05, 4.69) is 10.0 Å². The van der Waals surface area contributed by atoms with E-state index in [0.29, 0.717) is 19.4 Å². The van der Waals surface area contributed by atoms with Crippen molar-refractivity contribution in [2.45, 2.75) is 56.1 Å². The molecular formula is C18H26N2O6S. The minimum absolute atomic E-state index is 0.0396. The standard InChI is InChI=1S/C18H26N2O6S/c1-2-3-6-16(18(22)23)20-17(21)13-7-9-15(10-8-13)27(24,25)19-12-14-5-4-11-26-14/h7-10,14,16,19H,2-6,11-12H2,1H3,(H,20,21)(H,22,23)/t14?,16-/m0/s1. The highest BCUT2D eigenvalue weighted by molar-refractivity contribution is 7.89. The molecule has 1 amide bonds. The SMILES string of the molecule is CCCC[C@H](NC(=O)c1ccc(S(=O)(=O)NCC2CCCO2)cc1)C(=O)O. The lowest BCUT2D eigenvalue weighted by molar-refractivity contribution is -0.139. The highest BCUT2D eigenvalue weighted by atomic mass is 32.2. The number of amides is 1. The average Bonchev–Trinajstić information content (AvgIpc) is 3.17. The van der Waals surface area contributed by atoms with Crippen LogP contribution in [-0.4, -0.2) is 50.7 Å². The third-order valence-electron chi connectivity index (χ3n) is 4.40. The Morgan fingerprint density at radius 1 is 1.30 bits per heavy atom. The number of benzene rings is 1. The Kier molecular flexibility index (Phi) is 7.76. The van der Waals surface area contributed by atoms with Crippen LogP contribution in [0, 0.1) is 0 Å². The van der Waals surface area contributed by atoms with E-state index in [1.807, 2.05) is 6.92 Å². The smallest absolute Gasteiger partial charge is 0.326 e. The first-order chi connectivity index (χ1) is 12.8. The molecule has 3 N–H and O–H groups in total. The van der Waals surface area contributed by atoms with Gasteiger partial charge >= 0.3 is 5.97 Å². The monoisotopic (exact) mass is 398 g/mol. The van der Waals surface area contributed by atoms with Crippen molar-refractivity contribution < 1.29 is 27.9 Å². The van der Waals surface area contributed by atoms with Crippen molar-refractivity contribution in [1.82, 2.24) is 10.0 Å². The molecular weight excluding hydrogens is 372 g/mol. The van der Waals surface area contributed by atoms with Crippen LogP contribution in [0.1, 0.15) is 49.4 Å². The summed E-state index contributed by atoms with van der Waals surface area (Å²) in [6.07, 6.45) is 3.49. The number of nitrogens with one attached hydrogen (secondary N) is 2. The molecule has 0 aliphatic carbocycles. The number of aliphatic carboxylic acids is 1. The molecule has 0 bridgehead atoms. The van der Waals surface area contributed by atoms with E-state index in [0.717, 1.165) is 19.3 Å². The van der Waals surface area contributed by atoms with Crippen molar-refractivity contribution in [2.75, 3.05) is 13.2 Å².